The van der Waals surface area contributed by atoms with Gasteiger partial charge < -0.3 is 4.74 Å². The molecule has 0 aliphatic heterocycles. The van der Waals surface area contributed by atoms with Crippen LogP contribution in [0.1, 0.15) is 38.3 Å². The minimum absolute atomic E-state index is 0.0364. The summed E-state index contributed by atoms with van der Waals surface area (Å²) in [4.78, 5) is 25.8. The minimum Gasteiger partial charge on any atom is -0.460 e. The highest BCUT2D eigenvalue weighted by Crippen LogP contribution is 2.28. The first-order valence-corrected chi connectivity index (χ1v) is 11.0. The van der Waals surface area contributed by atoms with E-state index in [2.05, 4.69) is 15.9 Å². The maximum absolute atomic E-state index is 13.0. The molecular weight excluding hydrogens is 440 g/mol. The second kappa shape index (κ2) is 9.57. The number of hydrogen-bond acceptors (Lipinski definition) is 3. The van der Waals surface area contributed by atoms with Crippen molar-refractivity contribution in [1.82, 2.24) is 0 Å². The van der Waals surface area contributed by atoms with Crippen molar-refractivity contribution in [3.8, 4) is 0 Å². The molecule has 0 N–H and O–H groups in total. The number of hydrogen-bond donors (Lipinski definition) is 0. The van der Waals surface area contributed by atoms with Crippen molar-refractivity contribution in [2.24, 2.45) is 5.92 Å². The van der Waals surface area contributed by atoms with E-state index in [1.807, 2.05) is 87.5 Å². The van der Waals surface area contributed by atoms with Crippen molar-refractivity contribution < 1.29 is 14.3 Å². The lowest BCUT2D eigenvalue weighted by molar-refractivity contribution is -0.161. The van der Waals surface area contributed by atoms with Gasteiger partial charge in [0.1, 0.15) is 11.4 Å². The average molecular weight is 467 g/mol. The number of rotatable bonds is 7. The zero-order chi connectivity index (χ0) is 21.7. The Morgan fingerprint density at radius 1 is 0.900 bits per heavy atom. The van der Waals surface area contributed by atoms with Gasteiger partial charge in [-0.25, -0.2) is 0 Å². The van der Waals surface area contributed by atoms with Crippen molar-refractivity contribution in [2.45, 2.75) is 45.6 Å². The predicted molar refractivity (Wildman–Crippen MR) is 124 cm³/mol. The third-order valence-corrected chi connectivity index (χ3v) is 5.58. The number of Topliss-reactive ketones (excluding diaryl/α,β-unsaturated/α-hetero) is 1. The molecule has 30 heavy (non-hydrogen) atoms. The first-order valence-electron chi connectivity index (χ1n) is 10.2. The molecule has 156 valence electrons. The van der Waals surface area contributed by atoms with Crippen molar-refractivity contribution in [2.75, 3.05) is 0 Å². The highest BCUT2D eigenvalue weighted by Gasteiger charge is 2.27. The van der Waals surface area contributed by atoms with Gasteiger partial charge in [-0.2, -0.15) is 0 Å². The summed E-state index contributed by atoms with van der Waals surface area (Å²) >= 11 is 3.58. The topological polar surface area (TPSA) is 43.4 Å². The van der Waals surface area contributed by atoms with Gasteiger partial charge in [-0.1, -0.05) is 76.6 Å². The molecule has 0 radical (unpaired) electrons. The first kappa shape index (κ1) is 22.2. The summed E-state index contributed by atoms with van der Waals surface area (Å²) in [5, 5.41) is 2.13. The summed E-state index contributed by atoms with van der Waals surface area (Å²) in [5.74, 6) is -0.782. The zero-order valence-corrected chi connectivity index (χ0v) is 19.2. The molecule has 0 aliphatic rings. The fraction of sp³-hybridized carbons (Fsp3) is 0.308. The van der Waals surface area contributed by atoms with Crippen molar-refractivity contribution in [3.63, 3.8) is 0 Å². The Bertz CT molecular complexity index is 1040. The summed E-state index contributed by atoms with van der Waals surface area (Å²) < 4.78 is 6.62. The van der Waals surface area contributed by atoms with Gasteiger partial charge in [-0.05, 0) is 55.2 Å². The van der Waals surface area contributed by atoms with E-state index in [1.54, 1.807) is 0 Å². The fourth-order valence-corrected chi connectivity index (χ4v) is 4.04. The molecule has 3 nitrogen and oxygen atoms in total. The molecule has 0 saturated carbocycles. The number of carbonyl (C=O) groups is 2. The number of ketones is 1. The molecular formula is C26H27BrO3. The molecule has 0 aromatic heterocycles. The normalized spacial score (nSPS) is 12.5. The van der Waals surface area contributed by atoms with Crippen LogP contribution >= 0.6 is 15.9 Å². The number of ether oxygens (including phenoxy) is 1. The smallest absolute Gasteiger partial charge is 0.310 e. The van der Waals surface area contributed by atoms with Crippen LogP contribution in [0.4, 0.5) is 0 Å². The van der Waals surface area contributed by atoms with Crippen LogP contribution in [0.25, 0.3) is 10.8 Å². The summed E-state index contributed by atoms with van der Waals surface area (Å²) in [5.41, 5.74) is 1.41. The molecule has 0 bridgehead atoms. The van der Waals surface area contributed by atoms with Gasteiger partial charge in [0, 0.05) is 17.3 Å². The Labute approximate surface area is 186 Å². The van der Waals surface area contributed by atoms with Crippen LogP contribution in [-0.4, -0.2) is 17.4 Å². The van der Waals surface area contributed by atoms with E-state index < -0.39 is 11.5 Å². The van der Waals surface area contributed by atoms with Crippen LogP contribution in [-0.2, 0) is 27.2 Å². The number of fused-ring (bicyclic) bond motifs is 1. The predicted octanol–water partition coefficient (Wildman–Crippen LogP) is 6.30. The summed E-state index contributed by atoms with van der Waals surface area (Å²) in [7, 11) is 0. The quantitative estimate of drug-likeness (QED) is 0.383. The molecule has 3 aromatic carbocycles. The van der Waals surface area contributed by atoms with Crippen LogP contribution in [0.2, 0.25) is 0 Å². The Balaban J connectivity index is 1.79. The molecule has 0 heterocycles. The first-order chi connectivity index (χ1) is 14.2. The van der Waals surface area contributed by atoms with Crippen molar-refractivity contribution in [3.05, 3.63) is 82.3 Å². The standard InChI is InChI=1S/C26H27BrO3/c1-26(2,3)30-25(29)20(15-18-9-5-4-6-10-18)17-21(28)16-19-13-14-24(27)23-12-8-7-11-22(19)23/h4-14,20H,15-17H2,1-3H3/t20-/m1/s1. The minimum atomic E-state index is -0.586. The molecule has 0 unspecified atom stereocenters. The number of esters is 1. The summed E-state index contributed by atoms with van der Waals surface area (Å²) in [6, 6.07) is 21.7. The van der Waals surface area contributed by atoms with Gasteiger partial charge >= 0.3 is 5.97 Å². The fourth-order valence-electron chi connectivity index (χ4n) is 3.56. The van der Waals surface area contributed by atoms with E-state index in [0.29, 0.717) is 12.8 Å². The average Bonchev–Trinajstić information content (AvgIpc) is 2.69. The second-order valence-electron chi connectivity index (χ2n) is 8.59. The van der Waals surface area contributed by atoms with Crippen LogP contribution in [0, 0.1) is 5.92 Å². The zero-order valence-electron chi connectivity index (χ0n) is 17.7. The molecule has 0 fully saturated rings. The van der Waals surface area contributed by atoms with Gasteiger partial charge in [0.2, 0.25) is 0 Å². The van der Waals surface area contributed by atoms with E-state index >= 15 is 0 Å². The lowest BCUT2D eigenvalue weighted by atomic mass is 9.91. The second-order valence-corrected chi connectivity index (χ2v) is 9.45. The maximum atomic E-state index is 13.0. The number of carbonyl (C=O) groups excluding carboxylic acids is 2. The van der Waals surface area contributed by atoms with E-state index in [-0.39, 0.29) is 18.2 Å². The highest BCUT2D eigenvalue weighted by atomic mass is 79.9. The van der Waals surface area contributed by atoms with Gasteiger partial charge in [0.05, 0.1) is 5.92 Å². The highest BCUT2D eigenvalue weighted by molar-refractivity contribution is 9.10. The largest absolute Gasteiger partial charge is 0.460 e. The third-order valence-electron chi connectivity index (χ3n) is 4.89. The van der Waals surface area contributed by atoms with Gasteiger partial charge in [0.15, 0.2) is 0 Å². The molecule has 0 aliphatic carbocycles. The monoisotopic (exact) mass is 466 g/mol. The van der Waals surface area contributed by atoms with Gasteiger partial charge in [0.25, 0.3) is 0 Å². The Morgan fingerprint density at radius 2 is 1.53 bits per heavy atom. The number of benzene rings is 3. The van der Waals surface area contributed by atoms with Gasteiger partial charge in [-0.3, -0.25) is 9.59 Å². The lowest BCUT2D eigenvalue weighted by Crippen LogP contribution is -2.31. The Kier molecular flexibility index (Phi) is 7.09. The molecule has 3 aromatic rings. The molecule has 3 rings (SSSR count). The van der Waals surface area contributed by atoms with Crippen LogP contribution < -0.4 is 0 Å². The SMILES string of the molecule is CC(C)(C)OC(=O)[C@@H](CC(=O)Cc1ccc(Br)c2ccccc12)Cc1ccccc1. The maximum Gasteiger partial charge on any atom is 0.310 e. The Morgan fingerprint density at radius 3 is 2.20 bits per heavy atom. The van der Waals surface area contributed by atoms with E-state index in [4.69, 9.17) is 4.74 Å². The molecule has 0 amide bonds. The van der Waals surface area contributed by atoms with Crippen LogP contribution in [0.3, 0.4) is 0 Å². The van der Waals surface area contributed by atoms with Gasteiger partial charge in [-0.15, -0.1) is 0 Å². The summed E-state index contributed by atoms with van der Waals surface area (Å²) in [6.07, 6.45) is 0.943. The number of halogens is 1. The van der Waals surface area contributed by atoms with E-state index in [0.717, 1.165) is 26.4 Å². The molecule has 0 spiro atoms. The molecule has 4 heteroatoms. The molecule has 1 atom stereocenters. The van der Waals surface area contributed by atoms with Crippen molar-refractivity contribution >= 4 is 38.5 Å². The van der Waals surface area contributed by atoms with E-state index in [9.17, 15) is 9.59 Å². The van der Waals surface area contributed by atoms with Crippen LogP contribution in [0.5, 0.6) is 0 Å². The third kappa shape index (κ3) is 6.02. The van der Waals surface area contributed by atoms with E-state index in [1.165, 1.54) is 0 Å². The van der Waals surface area contributed by atoms with Crippen LogP contribution in [0.15, 0.2) is 71.2 Å². The Hall–Kier alpha value is -2.46. The lowest BCUT2D eigenvalue weighted by Gasteiger charge is -2.24. The van der Waals surface area contributed by atoms with Crippen molar-refractivity contribution in [1.29, 1.82) is 0 Å². The molecule has 0 saturated heterocycles. The summed E-state index contributed by atoms with van der Waals surface area (Å²) in [6.45, 7) is 5.54.